The summed E-state index contributed by atoms with van der Waals surface area (Å²) < 4.78 is 0. The highest BCUT2D eigenvalue weighted by Gasteiger charge is 2.33. The van der Waals surface area contributed by atoms with E-state index in [-0.39, 0.29) is 0 Å². The molecule has 0 unspecified atom stereocenters. The minimum absolute atomic E-state index is 0.467. The van der Waals surface area contributed by atoms with Crippen molar-refractivity contribution >= 4 is 22.7 Å². The molecule has 0 aromatic heterocycles. The lowest BCUT2D eigenvalue weighted by atomic mass is 9.91. The van der Waals surface area contributed by atoms with Crippen LogP contribution in [0.5, 0.6) is 0 Å². The summed E-state index contributed by atoms with van der Waals surface area (Å²) in [6.45, 7) is 19.3. The molecule has 0 spiro atoms. The zero-order chi connectivity index (χ0) is 23.9. The van der Waals surface area contributed by atoms with Gasteiger partial charge in [0.1, 0.15) is 6.67 Å². The van der Waals surface area contributed by atoms with Gasteiger partial charge in [-0.15, -0.1) is 0 Å². The fraction of sp³-hybridized carbons (Fsp3) is 0.419. The van der Waals surface area contributed by atoms with Gasteiger partial charge in [0, 0.05) is 11.4 Å². The first kappa shape index (κ1) is 23.4. The van der Waals surface area contributed by atoms with E-state index in [2.05, 4.69) is 126 Å². The lowest BCUT2D eigenvalue weighted by Gasteiger charge is -2.31. The number of anilines is 4. The summed E-state index contributed by atoms with van der Waals surface area (Å²) in [5.41, 5.74) is 11.1. The van der Waals surface area contributed by atoms with Crippen molar-refractivity contribution in [3.05, 3.63) is 82.9 Å². The molecule has 0 saturated carbocycles. The summed E-state index contributed by atoms with van der Waals surface area (Å²) in [6.07, 6.45) is 0. The number of rotatable bonds is 6. The molecule has 174 valence electrons. The summed E-state index contributed by atoms with van der Waals surface area (Å²) in [4.78, 5) is 5.14. The van der Waals surface area contributed by atoms with Crippen molar-refractivity contribution in [2.45, 2.75) is 79.1 Å². The fourth-order valence-corrected chi connectivity index (χ4v) is 5.24. The molecule has 1 heterocycles. The van der Waals surface area contributed by atoms with Crippen molar-refractivity contribution in [2.75, 3.05) is 16.5 Å². The minimum atomic E-state index is 0.467. The van der Waals surface area contributed by atoms with Crippen molar-refractivity contribution in [3.8, 4) is 0 Å². The Labute approximate surface area is 201 Å². The molecular formula is C31H40N2. The summed E-state index contributed by atoms with van der Waals surface area (Å²) in [5, 5.41) is 0. The standard InChI is InChI=1S/C31H40N2/c1-20(2)24-13-11-14-25(21(3)4)30(24)32-19-33(29-18-10-9-17-28(29)32)31-26(22(5)6)15-12-16-27(31)23(7)8/h9-18,20-23H,19H2,1-8H3. The Kier molecular flexibility index (Phi) is 6.56. The van der Waals surface area contributed by atoms with E-state index >= 15 is 0 Å². The first-order valence-corrected chi connectivity index (χ1v) is 12.6. The highest BCUT2D eigenvalue weighted by molar-refractivity contribution is 5.90. The summed E-state index contributed by atoms with van der Waals surface area (Å²) in [5.74, 6) is 1.87. The van der Waals surface area contributed by atoms with Crippen LogP contribution >= 0.6 is 0 Å². The SMILES string of the molecule is CC(C)c1cccc(C(C)C)c1N1CN(c2c(C(C)C)cccc2C(C)C)c2ccccc21. The van der Waals surface area contributed by atoms with E-state index in [0.29, 0.717) is 23.7 Å². The zero-order valence-electron chi connectivity index (χ0n) is 21.7. The van der Waals surface area contributed by atoms with Crippen LogP contribution in [0, 0.1) is 0 Å². The maximum Gasteiger partial charge on any atom is 0.100 e. The van der Waals surface area contributed by atoms with Gasteiger partial charge in [0.2, 0.25) is 0 Å². The van der Waals surface area contributed by atoms with E-state index in [4.69, 9.17) is 0 Å². The van der Waals surface area contributed by atoms with Crippen LogP contribution in [0.3, 0.4) is 0 Å². The van der Waals surface area contributed by atoms with Crippen LogP contribution in [0.4, 0.5) is 22.7 Å². The Balaban J connectivity index is 1.96. The summed E-state index contributed by atoms with van der Waals surface area (Å²) in [7, 11) is 0. The average molecular weight is 441 g/mol. The third-order valence-electron chi connectivity index (χ3n) is 6.97. The number of para-hydroxylation sites is 4. The van der Waals surface area contributed by atoms with Gasteiger partial charge in [0.05, 0.1) is 11.4 Å². The van der Waals surface area contributed by atoms with E-state index in [1.165, 1.54) is 45.0 Å². The largest absolute Gasteiger partial charge is 0.320 e. The predicted molar refractivity (Wildman–Crippen MR) is 145 cm³/mol. The first-order valence-electron chi connectivity index (χ1n) is 12.6. The average Bonchev–Trinajstić information content (AvgIpc) is 3.16. The van der Waals surface area contributed by atoms with Gasteiger partial charge in [0.25, 0.3) is 0 Å². The smallest absolute Gasteiger partial charge is 0.100 e. The predicted octanol–water partition coefficient (Wildman–Crippen LogP) is 9.43. The molecule has 1 aliphatic rings. The molecule has 0 fully saturated rings. The third-order valence-corrected chi connectivity index (χ3v) is 6.97. The van der Waals surface area contributed by atoms with E-state index in [9.17, 15) is 0 Å². The number of fused-ring (bicyclic) bond motifs is 1. The number of nitrogens with zero attached hydrogens (tertiary/aromatic N) is 2. The molecule has 0 saturated heterocycles. The van der Waals surface area contributed by atoms with Gasteiger partial charge in [-0.25, -0.2) is 0 Å². The molecule has 3 aromatic carbocycles. The van der Waals surface area contributed by atoms with Crippen LogP contribution in [0.1, 0.15) is 101 Å². The van der Waals surface area contributed by atoms with E-state index < -0.39 is 0 Å². The number of benzene rings is 3. The molecule has 0 aliphatic carbocycles. The molecule has 2 heteroatoms. The van der Waals surface area contributed by atoms with E-state index in [1.54, 1.807) is 0 Å². The normalized spacial score (nSPS) is 13.7. The van der Waals surface area contributed by atoms with Gasteiger partial charge in [-0.2, -0.15) is 0 Å². The molecule has 1 aliphatic heterocycles. The van der Waals surface area contributed by atoms with Crippen molar-refractivity contribution in [3.63, 3.8) is 0 Å². The minimum Gasteiger partial charge on any atom is -0.320 e. The van der Waals surface area contributed by atoms with Crippen molar-refractivity contribution in [1.82, 2.24) is 0 Å². The van der Waals surface area contributed by atoms with Gasteiger partial charge in [0.15, 0.2) is 0 Å². The highest BCUT2D eigenvalue weighted by atomic mass is 15.4. The van der Waals surface area contributed by atoms with Crippen LogP contribution in [-0.4, -0.2) is 6.67 Å². The number of hydrogen-bond acceptors (Lipinski definition) is 2. The van der Waals surface area contributed by atoms with Gasteiger partial charge < -0.3 is 9.80 Å². The van der Waals surface area contributed by atoms with Gasteiger partial charge in [-0.05, 0) is 58.1 Å². The zero-order valence-corrected chi connectivity index (χ0v) is 21.7. The highest BCUT2D eigenvalue weighted by Crippen LogP contribution is 2.50. The second-order valence-electron chi connectivity index (χ2n) is 10.7. The quantitative estimate of drug-likeness (QED) is 0.376. The maximum atomic E-state index is 2.57. The Bertz CT molecular complexity index is 983. The molecule has 3 aromatic rings. The van der Waals surface area contributed by atoms with Gasteiger partial charge in [-0.1, -0.05) is 104 Å². The molecule has 0 bridgehead atoms. The van der Waals surface area contributed by atoms with Crippen LogP contribution < -0.4 is 9.80 Å². The van der Waals surface area contributed by atoms with Crippen LogP contribution in [-0.2, 0) is 0 Å². The monoisotopic (exact) mass is 440 g/mol. The molecule has 33 heavy (non-hydrogen) atoms. The molecule has 2 nitrogen and oxygen atoms in total. The van der Waals surface area contributed by atoms with Crippen LogP contribution in [0.15, 0.2) is 60.7 Å². The van der Waals surface area contributed by atoms with Crippen LogP contribution in [0.2, 0.25) is 0 Å². The number of hydrogen-bond donors (Lipinski definition) is 0. The maximum absolute atomic E-state index is 2.57. The summed E-state index contributed by atoms with van der Waals surface area (Å²) in [6, 6.07) is 22.7. The fourth-order valence-electron chi connectivity index (χ4n) is 5.24. The van der Waals surface area contributed by atoms with Crippen LogP contribution in [0.25, 0.3) is 0 Å². The van der Waals surface area contributed by atoms with E-state index in [1.807, 2.05) is 0 Å². The molecule has 0 radical (unpaired) electrons. The Morgan fingerprint density at radius 1 is 0.455 bits per heavy atom. The van der Waals surface area contributed by atoms with Crippen molar-refractivity contribution in [1.29, 1.82) is 0 Å². The first-order chi connectivity index (χ1) is 15.7. The molecule has 0 atom stereocenters. The topological polar surface area (TPSA) is 6.48 Å². The summed E-state index contributed by atoms with van der Waals surface area (Å²) >= 11 is 0. The van der Waals surface area contributed by atoms with E-state index in [0.717, 1.165) is 6.67 Å². The second kappa shape index (κ2) is 9.25. The molecule has 4 rings (SSSR count). The van der Waals surface area contributed by atoms with Crippen molar-refractivity contribution in [2.24, 2.45) is 0 Å². The second-order valence-corrected chi connectivity index (χ2v) is 10.7. The lowest BCUT2D eigenvalue weighted by Crippen LogP contribution is -2.27. The Hall–Kier alpha value is -2.74. The molecule has 0 amide bonds. The third kappa shape index (κ3) is 4.16. The Morgan fingerprint density at radius 2 is 0.758 bits per heavy atom. The lowest BCUT2D eigenvalue weighted by molar-refractivity contribution is 0.806. The Morgan fingerprint density at radius 3 is 1.03 bits per heavy atom. The van der Waals surface area contributed by atoms with Gasteiger partial charge in [-0.3, -0.25) is 0 Å². The molecule has 0 N–H and O–H groups in total. The molecular weight excluding hydrogens is 400 g/mol. The van der Waals surface area contributed by atoms with Crippen molar-refractivity contribution < 1.29 is 0 Å². The van der Waals surface area contributed by atoms with Gasteiger partial charge >= 0.3 is 0 Å².